The summed E-state index contributed by atoms with van der Waals surface area (Å²) in [6.45, 7) is 20.1. The molecular formula is C42H47N3OSi. The van der Waals surface area contributed by atoms with Crippen molar-refractivity contribution in [3.63, 3.8) is 0 Å². The van der Waals surface area contributed by atoms with Crippen LogP contribution < -0.4 is 5.19 Å². The van der Waals surface area contributed by atoms with E-state index >= 15 is 0 Å². The number of aromatic hydroxyl groups is 1. The van der Waals surface area contributed by atoms with E-state index in [-0.39, 0.29) is 10.8 Å². The predicted octanol–water partition coefficient (Wildman–Crippen LogP) is 10.5. The van der Waals surface area contributed by atoms with Crippen molar-refractivity contribution in [3.8, 4) is 50.6 Å². The monoisotopic (exact) mass is 637 g/mol. The van der Waals surface area contributed by atoms with Crippen LogP contribution >= 0.6 is 0 Å². The summed E-state index contributed by atoms with van der Waals surface area (Å²) in [6, 6.07) is 32.3. The first kappa shape index (κ1) is 32.5. The Kier molecular flexibility index (Phi) is 8.04. The molecule has 0 unspecified atom stereocenters. The maximum Gasteiger partial charge on any atom is 0.144 e. The molecule has 0 aliphatic rings. The van der Waals surface area contributed by atoms with Gasteiger partial charge in [0.25, 0.3) is 0 Å². The first-order valence-electron chi connectivity index (χ1n) is 16.5. The average Bonchev–Trinajstić information content (AvgIpc) is 3.36. The van der Waals surface area contributed by atoms with E-state index in [1.807, 2.05) is 7.05 Å². The van der Waals surface area contributed by atoms with Crippen molar-refractivity contribution in [1.29, 1.82) is 0 Å². The molecule has 0 aliphatic heterocycles. The Hall–Kier alpha value is -4.48. The number of phenolic OH excluding ortho intramolecular Hbond substituents is 1. The molecule has 0 fully saturated rings. The van der Waals surface area contributed by atoms with Gasteiger partial charge in [-0.25, -0.2) is 4.98 Å². The first-order chi connectivity index (χ1) is 22.0. The molecule has 6 rings (SSSR count). The number of imidazole rings is 1. The quantitative estimate of drug-likeness (QED) is 0.191. The van der Waals surface area contributed by atoms with Gasteiger partial charge < -0.3 is 9.67 Å². The van der Waals surface area contributed by atoms with Crippen molar-refractivity contribution in [2.45, 2.75) is 72.0 Å². The highest BCUT2D eigenvalue weighted by Gasteiger charge is 2.27. The van der Waals surface area contributed by atoms with Crippen molar-refractivity contribution in [2.75, 3.05) is 0 Å². The molecule has 0 amide bonds. The number of hydrogen-bond donors (Lipinski definition) is 1. The molecule has 0 bridgehead atoms. The first-order valence-corrected chi connectivity index (χ1v) is 20.0. The molecule has 4 aromatic carbocycles. The van der Waals surface area contributed by atoms with Crippen LogP contribution in [-0.4, -0.2) is 27.7 Å². The number of pyridine rings is 1. The zero-order valence-electron chi connectivity index (χ0n) is 29.5. The number of aromatic nitrogens is 3. The molecule has 0 saturated heterocycles. The lowest BCUT2D eigenvalue weighted by Crippen LogP contribution is -2.37. The maximum absolute atomic E-state index is 11.7. The van der Waals surface area contributed by atoms with Gasteiger partial charge in [-0.05, 0) is 74.7 Å². The number of rotatable bonds is 5. The third kappa shape index (κ3) is 6.29. The average molecular weight is 638 g/mol. The molecule has 47 heavy (non-hydrogen) atoms. The van der Waals surface area contributed by atoms with Gasteiger partial charge in [0.1, 0.15) is 11.6 Å². The second-order valence-corrected chi connectivity index (χ2v) is 21.0. The van der Waals surface area contributed by atoms with E-state index in [0.717, 1.165) is 61.5 Å². The molecule has 4 nitrogen and oxygen atoms in total. The summed E-state index contributed by atoms with van der Waals surface area (Å²) >= 11 is 0. The van der Waals surface area contributed by atoms with Crippen LogP contribution in [0.2, 0.25) is 19.6 Å². The van der Waals surface area contributed by atoms with Gasteiger partial charge in [-0.3, -0.25) is 4.98 Å². The van der Waals surface area contributed by atoms with Crippen LogP contribution in [0.25, 0.3) is 55.9 Å². The summed E-state index contributed by atoms with van der Waals surface area (Å²) < 4.78 is 2.12. The largest absolute Gasteiger partial charge is 0.507 e. The zero-order valence-corrected chi connectivity index (χ0v) is 30.5. The number of nitrogens with zero attached hydrogens (tertiary/aromatic N) is 3. The minimum absolute atomic E-state index is 0.0895. The molecule has 1 N–H and O–H groups in total. The summed E-state index contributed by atoms with van der Waals surface area (Å²) in [5.74, 6) is 1.05. The third-order valence-electron chi connectivity index (χ3n) is 9.21. The highest BCUT2D eigenvalue weighted by Crippen LogP contribution is 2.43. The normalized spacial score (nSPS) is 12.6. The Balaban J connectivity index is 1.58. The van der Waals surface area contributed by atoms with E-state index < -0.39 is 8.07 Å². The Morgan fingerprint density at radius 3 is 1.96 bits per heavy atom. The Morgan fingerprint density at radius 2 is 1.34 bits per heavy atom. The minimum atomic E-state index is -1.47. The Labute approximate surface area is 281 Å². The molecule has 240 valence electrons. The zero-order chi connectivity index (χ0) is 33.9. The minimum Gasteiger partial charge on any atom is -0.507 e. The van der Waals surface area contributed by atoms with Crippen molar-refractivity contribution in [3.05, 3.63) is 108 Å². The van der Waals surface area contributed by atoms with Crippen LogP contribution in [0, 0.1) is 0 Å². The topological polar surface area (TPSA) is 50.9 Å². The van der Waals surface area contributed by atoms with E-state index in [1.165, 1.54) is 10.8 Å². The lowest BCUT2D eigenvalue weighted by molar-refractivity contribution is 0.446. The van der Waals surface area contributed by atoms with Crippen LogP contribution in [-0.2, 0) is 17.9 Å². The summed E-state index contributed by atoms with van der Waals surface area (Å²) in [4.78, 5) is 10.3. The van der Waals surface area contributed by atoms with E-state index in [2.05, 4.69) is 163 Å². The molecule has 5 heteroatoms. The van der Waals surface area contributed by atoms with Crippen molar-refractivity contribution in [2.24, 2.45) is 7.05 Å². The van der Waals surface area contributed by atoms with Gasteiger partial charge in [0.15, 0.2) is 0 Å². The van der Waals surface area contributed by atoms with Gasteiger partial charge in [0.05, 0.1) is 30.4 Å². The SMILES string of the molecule is Cn1c(-c2cc(C(C)(C)C)cc(C(C)(C)C)c2O)nc2c(-c3cc(-c4ccccc4)cc(-c4ccc([Si](C)(C)C)cn4)c3)cccc21. The van der Waals surface area contributed by atoms with Gasteiger partial charge in [0, 0.05) is 29.9 Å². The number of para-hydroxylation sites is 1. The van der Waals surface area contributed by atoms with Crippen molar-refractivity contribution >= 4 is 24.3 Å². The lowest BCUT2D eigenvalue weighted by Gasteiger charge is -2.27. The summed E-state index contributed by atoms with van der Waals surface area (Å²) in [5.41, 5.74) is 10.9. The van der Waals surface area contributed by atoms with Crippen LogP contribution in [0.15, 0.2) is 97.2 Å². The fourth-order valence-electron chi connectivity index (χ4n) is 6.23. The standard InChI is InChI=1S/C42H47N3OSi/c1-41(2,3)31-24-34(39(46)35(25-31)42(4,5)6)40-44-38-33(17-14-18-37(38)45(40)7)29-21-28(27-15-12-11-13-16-27)22-30(23-29)36-20-19-32(26-43-36)47(8,9)10/h11-26,46H,1-10H3. The lowest BCUT2D eigenvalue weighted by atomic mass is 9.79. The van der Waals surface area contributed by atoms with E-state index in [1.54, 1.807) is 0 Å². The van der Waals surface area contributed by atoms with Gasteiger partial charge in [-0.1, -0.05) is 116 Å². The molecular weight excluding hydrogens is 591 g/mol. The predicted molar refractivity (Wildman–Crippen MR) is 202 cm³/mol. The van der Waals surface area contributed by atoms with E-state index in [0.29, 0.717) is 5.75 Å². The fraction of sp³-hybridized carbons (Fsp3) is 0.286. The Morgan fingerprint density at radius 1 is 0.660 bits per heavy atom. The smallest absolute Gasteiger partial charge is 0.144 e. The summed E-state index contributed by atoms with van der Waals surface area (Å²) in [6.07, 6.45) is 2.06. The highest BCUT2D eigenvalue weighted by molar-refractivity contribution is 6.88. The Bertz CT molecular complexity index is 2090. The van der Waals surface area contributed by atoms with Crippen molar-refractivity contribution in [1.82, 2.24) is 14.5 Å². The summed E-state index contributed by atoms with van der Waals surface area (Å²) in [5, 5.41) is 13.1. The number of phenols is 1. The molecule has 2 heterocycles. The molecule has 0 spiro atoms. The highest BCUT2D eigenvalue weighted by atomic mass is 28.3. The number of aryl methyl sites for hydroxylation is 1. The summed E-state index contributed by atoms with van der Waals surface area (Å²) in [7, 11) is 0.576. The number of fused-ring (bicyclic) bond motifs is 1. The van der Waals surface area contributed by atoms with Gasteiger partial charge in [-0.2, -0.15) is 0 Å². The second-order valence-electron chi connectivity index (χ2n) is 15.9. The molecule has 0 atom stereocenters. The van der Waals surface area contributed by atoms with E-state index in [9.17, 15) is 5.11 Å². The maximum atomic E-state index is 11.7. The number of benzene rings is 4. The van der Waals surface area contributed by atoms with E-state index in [4.69, 9.17) is 9.97 Å². The molecule has 2 aromatic heterocycles. The fourth-order valence-corrected chi connectivity index (χ4v) is 7.27. The number of hydrogen-bond acceptors (Lipinski definition) is 3. The van der Waals surface area contributed by atoms with Crippen LogP contribution in [0.3, 0.4) is 0 Å². The van der Waals surface area contributed by atoms with Crippen molar-refractivity contribution < 1.29 is 5.11 Å². The molecule has 0 aliphatic carbocycles. The van der Waals surface area contributed by atoms with Crippen LogP contribution in [0.1, 0.15) is 52.7 Å². The van der Waals surface area contributed by atoms with Gasteiger partial charge >= 0.3 is 0 Å². The third-order valence-corrected chi connectivity index (χ3v) is 11.2. The van der Waals surface area contributed by atoms with Crippen LogP contribution in [0.5, 0.6) is 5.75 Å². The second kappa shape index (κ2) is 11.6. The molecule has 6 aromatic rings. The molecule has 0 radical (unpaired) electrons. The van der Waals surface area contributed by atoms with Gasteiger partial charge in [0.2, 0.25) is 0 Å². The van der Waals surface area contributed by atoms with Gasteiger partial charge in [-0.15, -0.1) is 0 Å². The van der Waals surface area contributed by atoms with Crippen LogP contribution in [0.4, 0.5) is 0 Å². The molecule has 0 saturated carbocycles.